The first kappa shape index (κ1) is 20.0. The maximum Gasteiger partial charge on any atom is 0.347 e. The molecule has 0 aliphatic carbocycles. The normalized spacial score (nSPS) is 12.0. The highest BCUT2D eigenvalue weighted by Gasteiger charge is 2.29. The summed E-state index contributed by atoms with van der Waals surface area (Å²) in [6.07, 6.45) is 6.02. The highest BCUT2D eigenvalue weighted by atomic mass is 32.2. The van der Waals surface area contributed by atoms with Crippen molar-refractivity contribution in [1.29, 1.82) is 0 Å². The van der Waals surface area contributed by atoms with Gasteiger partial charge in [-0.3, -0.25) is 4.68 Å². The molecule has 0 radical (unpaired) electrons. The van der Waals surface area contributed by atoms with Crippen LogP contribution in [0.25, 0.3) is 10.9 Å². The largest absolute Gasteiger partial charge is 0.478 e. The Morgan fingerprint density at radius 2 is 2.00 bits per heavy atom. The van der Waals surface area contributed by atoms with Crippen LogP contribution in [0.15, 0.2) is 65.7 Å². The number of para-hydroxylation sites is 1. The van der Waals surface area contributed by atoms with Gasteiger partial charge in [0.25, 0.3) is 0 Å². The predicted molar refractivity (Wildman–Crippen MR) is 113 cm³/mol. The molecule has 0 spiro atoms. The Morgan fingerprint density at radius 3 is 2.68 bits per heavy atom. The lowest BCUT2D eigenvalue weighted by atomic mass is 10.1. The SMILES string of the molecule is C/C=C\Cn1ncc2cccc(CSc3ccc(OC(C)(C)C(=O)O)cc3)c21. The van der Waals surface area contributed by atoms with Crippen LogP contribution in [0.3, 0.4) is 0 Å². The van der Waals surface area contributed by atoms with E-state index in [4.69, 9.17) is 4.74 Å². The number of aliphatic carboxylic acids is 1. The Balaban J connectivity index is 1.72. The summed E-state index contributed by atoms with van der Waals surface area (Å²) < 4.78 is 7.58. The molecular formula is C22H24N2O3S. The second kappa shape index (κ2) is 8.52. The summed E-state index contributed by atoms with van der Waals surface area (Å²) >= 11 is 1.73. The zero-order valence-electron chi connectivity index (χ0n) is 16.3. The Bertz CT molecular complexity index is 991. The van der Waals surface area contributed by atoms with Crippen LogP contribution in [0, 0.1) is 0 Å². The minimum atomic E-state index is -1.25. The maximum atomic E-state index is 11.2. The van der Waals surface area contributed by atoms with Crippen molar-refractivity contribution >= 4 is 28.6 Å². The van der Waals surface area contributed by atoms with Crippen LogP contribution in [0.4, 0.5) is 0 Å². The van der Waals surface area contributed by atoms with Crippen LogP contribution >= 0.6 is 11.8 Å². The summed E-state index contributed by atoms with van der Waals surface area (Å²) in [5.41, 5.74) is 1.14. The van der Waals surface area contributed by atoms with Gasteiger partial charge in [-0.2, -0.15) is 5.10 Å². The summed E-state index contributed by atoms with van der Waals surface area (Å²) in [7, 11) is 0. The van der Waals surface area contributed by atoms with E-state index in [1.54, 1.807) is 11.8 Å². The molecule has 0 aliphatic rings. The molecule has 3 aromatic rings. The van der Waals surface area contributed by atoms with Gasteiger partial charge < -0.3 is 9.84 Å². The summed E-state index contributed by atoms with van der Waals surface area (Å²) in [5.74, 6) is 0.372. The van der Waals surface area contributed by atoms with Crippen molar-refractivity contribution in [2.24, 2.45) is 0 Å². The molecule has 0 fully saturated rings. The minimum Gasteiger partial charge on any atom is -0.478 e. The number of aromatic nitrogens is 2. The molecule has 1 aromatic heterocycles. The number of ether oxygens (including phenoxy) is 1. The number of carbonyl (C=O) groups is 1. The molecule has 2 aromatic carbocycles. The topological polar surface area (TPSA) is 64.4 Å². The quantitative estimate of drug-likeness (QED) is 0.421. The number of hydrogen-bond acceptors (Lipinski definition) is 4. The number of fused-ring (bicyclic) bond motifs is 1. The van der Waals surface area contributed by atoms with E-state index >= 15 is 0 Å². The second-order valence-corrected chi connectivity index (χ2v) is 7.98. The van der Waals surface area contributed by atoms with Gasteiger partial charge in [-0.15, -0.1) is 11.8 Å². The number of nitrogens with zero attached hydrogens (tertiary/aromatic N) is 2. The molecule has 146 valence electrons. The third-order valence-corrected chi connectivity index (χ3v) is 5.43. The van der Waals surface area contributed by atoms with Crippen LogP contribution in [0.5, 0.6) is 5.75 Å². The van der Waals surface area contributed by atoms with Crippen molar-refractivity contribution in [1.82, 2.24) is 9.78 Å². The van der Waals surface area contributed by atoms with E-state index in [2.05, 4.69) is 29.4 Å². The van der Waals surface area contributed by atoms with Gasteiger partial charge in [0, 0.05) is 16.0 Å². The van der Waals surface area contributed by atoms with Gasteiger partial charge in [-0.25, -0.2) is 4.79 Å². The van der Waals surface area contributed by atoms with E-state index in [0.717, 1.165) is 28.1 Å². The average molecular weight is 397 g/mol. The molecule has 6 heteroatoms. The smallest absolute Gasteiger partial charge is 0.347 e. The molecular weight excluding hydrogens is 372 g/mol. The molecule has 3 rings (SSSR count). The van der Waals surface area contributed by atoms with Crippen molar-refractivity contribution in [2.75, 3.05) is 0 Å². The van der Waals surface area contributed by atoms with Gasteiger partial charge in [-0.05, 0) is 50.6 Å². The fraction of sp³-hybridized carbons (Fsp3) is 0.273. The number of carboxylic acid groups (broad SMARTS) is 1. The number of rotatable bonds is 8. The fourth-order valence-electron chi connectivity index (χ4n) is 2.78. The molecule has 0 atom stereocenters. The molecule has 0 aliphatic heterocycles. The molecule has 1 heterocycles. The van der Waals surface area contributed by atoms with Crippen molar-refractivity contribution in [3.05, 3.63) is 66.4 Å². The van der Waals surface area contributed by atoms with E-state index in [9.17, 15) is 9.90 Å². The molecule has 0 saturated heterocycles. The van der Waals surface area contributed by atoms with Gasteiger partial charge >= 0.3 is 5.97 Å². The third-order valence-electron chi connectivity index (χ3n) is 4.37. The molecule has 0 saturated carbocycles. The highest BCUT2D eigenvalue weighted by molar-refractivity contribution is 7.98. The fourth-order valence-corrected chi connectivity index (χ4v) is 3.67. The predicted octanol–water partition coefficient (Wildman–Crippen LogP) is 5.15. The van der Waals surface area contributed by atoms with Crippen LogP contribution < -0.4 is 4.74 Å². The minimum absolute atomic E-state index is 0.545. The van der Waals surface area contributed by atoms with E-state index in [-0.39, 0.29) is 0 Å². The lowest BCUT2D eigenvalue weighted by molar-refractivity contribution is -0.152. The lowest BCUT2D eigenvalue weighted by Crippen LogP contribution is -2.37. The van der Waals surface area contributed by atoms with Crippen molar-refractivity contribution in [3.8, 4) is 5.75 Å². The summed E-state index contributed by atoms with van der Waals surface area (Å²) in [6, 6.07) is 13.8. The van der Waals surface area contributed by atoms with Gasteiger partial charge in [0.1, 0.15) is 5.75 Å². The maximum absolute atomic E-state index is 11.2. The van der Waals surface area contributed by atoms with E-state index < -0.39 is 11.6 Å². The highest BCUT2D eigenvalue weighted by Crippen LogP contribution is 2.29. The monoisotopic (exact) mass is 396 g/mol. The summed E-state index contributed by atoms with van der Waals surface area (Å²) in [4.78, 5) is 12.3. The van der Waals surface area contributed by atoms with Crippen molar-refractivity contribution in [2.45, 2.75) is 43.6 Å². The summed E-state index contributed by atoms with van der Waals surface area (Å²) in [5, 5.41) is 14.8. The molecule has 28 heavy (non-hydrogen) atoms. The first-order valence-electron chi connectivity index (χ1n) is 9.10. The van der Waals surface area contributed by atoms with E-state index in [0.29, 0.717) is 5.75 Å². The number of allylic oxidation sites excluding steroid dienone is 2. The van der Waals surface area contributed by atoms with Crippen molar-refractivity contribution in [3.63, 3.8) is 0 Å². The van der Waals surface area contributed by atoms with Gasteiger partial charge in [0.05, 0.1) is 18.3 Å². The molecule has 0 bridgehead atoms. The van der Waals surface area contributed by atoms with E-state index in [1.165, 1.54) is 19.4 Å². The van der Waals surface area contributed by atoms with Crippen molar-refractivity contribution < 1.29 is 14.6 Å². The van der Waals surface area contributed by atoms with Crippen LogP contribution in [0.1, 0.15) is 26.3 Å². The second-order valence-electron chi connectivity index (χ2n) is 6.93. The number of hydrogen-bond donors (Lipinski definition) is 1. The van der Waals surface area contributed by atoms with Crippen LogP contribution in [-0.4, -0.2) is 26.5 Å². The summed E-state index contributed by atoms with van der Waals surface area (Å²) in [6.45, 7) is 5.84. The average Bonchev–Trinajstić information content (AvgIpc) is 3.09. The van der Waals surface area contributed by atoms with Gasteiger partial charge in [-0.1, -0.05) is 30.4 Å². The lowest BCUT2D eigenvalue weighted by Gasteiger charge is -2.21. The third kappa shape index (κ3) is 4.57. The number of thioether (sulfide) groups is 1. The zero-order valence-corrected chi connectivity index (χ0v) is 17.1. The first-order valence-corrected chi connectivity index (χ1v) is 10.1. The standard InChI is InChI=1S/C22H24N2O3S/c1-4-5-13-24-20-16(14-23-24)7-6-8-17(20)15-28-19-11-9-18(10-12-19)27-22(2,3)21(25)26/h4-12,14H,13,15H2,1-3H3,(H,25,26)/b5-4-. The van der Waals surface area contributed by atoms with Gasteiger partial charge in [0.2, 0.25) is 0 Å². The molecule has 0 amide bonds. The Kier molecular flexibility index (Phi) is 6.09. The zero-order chi connectivity index (χ0) is 20.1. The molecule has 1 N–H and O–H groups in total. The Hall–Kier alpha value is -2.73. The van der Waals surface area contributed by atoms with Gasteiger partial charge in [0.15, 0.2) is 5.60 Å². The molecule has 5 nitrogen and oxygen atoms in total. The Labute approximate surface area is 169 Å². The van der Waals surface area contributed by atoms with E-state index in [1.807, 2.05) is 48.1 Å². The Morgan fingerprint density at radius 1 is 1.25 bits per heavy atom. The number of carboxylic acids is 1. The molecule has 0 unspecified atom stereocenters. The number of benzene rings is 2. The van der Waals surface area contributed by atoms with Crippen LogP contribution in [-0.2, 0) is 17.1 Å². The first-order chi connectivity index (χ1) is 13.4. The van der Waals surface area contributed by atoms with Crippen LogP contribution in [0.2, 0.25) is 0 Å².